The van der Waals surface area contributed by atoms with Crippen molar-refractivity contribution in [3.63, 3.8) is 0 Å². The first-order valence-electron chi connectivity index (χ1n) is 7.22. The minimum atomic E-state index is -0.423. The molecule has 1 saturated heterocycles. The minimum absolute atomic E-state index is 0.0230. The number of aryl methyl sites for hydroxylation is 1. The summed E-state index contributed by atoms with van der Waals surface area (Å²) in [5.41, 5.74) is 1.17. The van der Waals surface area contributed by atoms with E-state index in [1.54, 1.807) is 0 Å². The predicted octanol–water partition coefficient (Wildman–Crippen LogP) is 3.11. The first kappa shape index (κ1) is 15.3. The molecule has 0 spiro atoms. The Morgan fingerprint density at radius 3 is 2.80 bits per heavy atom. The molecule has 1 aromatic carbocycles. The first-order chi connectivity index (χ1) is 9.44. The minimum Gasteiger partial charge on any atom is -0.394 e. The topological polar surface area (TPSA) is 41.5 Å². The van der Waals surface area contributed by atoms with Crippen LogP contribution in [0.15, 0.2) is 18.2 Å². The lowest BCUT2D eigenvalue weighted by molar-refractivity contribution is -0.0481. The van der Waals surface area contributed by atoms with Crippen LogP contribution in [-0.4, -0.2) is 30.0 Å². The van der Waals surface area contributed by atoms with E-state index in [1.165, 1.54) is 12.1 Å². The quantitative estimate of drug-likeness (QED) is 0.891. The summed E-state index contributed by atoms with van der Waals surface area (Å²) in [5.74, 6) is 0.144. The Bertz CT molecular complexity index is 444. The Kier molecular flexibility index (Phi) is 4.66. The largest absolute Gasteiger partial charge is 0.394 e. The van der Waals surface area contributed by atoms with Gasteiger partial charge < -0.3 is 15.2 Å². The van der Waals surface area contributed by atoms with Crippen LogP contribution in [0.2, 0.25) is 0 Å². The van der Waals surface area contributed by atoms with Gasteiger partial charge >= 0.3 is 0 Å². The van der Waals surface area contributed by atoms with E-state index in [0.717, 1.165) is 24.1 Å². The number of halogens is 1. The van der Waals surface area contributed by atoms with E-state index in [0.29, 0.717) is 12.5 Å². The fraction of sp³-hybridized carbons (Fsp3) is 0.625. The molecule has 0 aliphatic carbocycles. The monoisotopic (exact) mass is 281 g/mol. The van der Waals surface area contributed by atoms with Crippen LogP contribution in [0.5, 0.6) is 0 Å². The number of aliphatic hydroxyl groups is 1. The van der Waals surface area contributed by atoms with Gasteiger partial charge in [0.2, 0.25) is 0 Å². The lowest BCUT2D eigenvalue weighted by Gasteiger charge is -2.42. The number of nitrogens with one attached hydrogen (secondary N) is 1. The van der Waals surface area contributed by atoms with E-state index in [4.69, 9.17) is 4.74 Å². The van der Waals surface area contributed by atoms with Gasteiger partial charge in [-0.3, -0.25) is 0 Å². The van der Waals surface area contributed by atoms with Crippen molar-refractivity contribution in [2.24, 2.45) is 5.92 Å². The summed E-state index contributed by atoms with van der Waals surface area (Å²) in [6, 6.07) is 4.88. The highest BCUT2D eigenvalue weighted by molar-refractivity contribution is 5.48. The van der Waals surface area contributed by atoms with Crippen LogP contribution in [0, 0.1) is 18.7 Å². The molecule has 1 aromatic rings. The molecule has 2 unspecified atom stereocenters. The summed E-state index contributed by atoms with van der Waals surface area (Å²) < 4.78 is 19.2. The van der Waals surface area contributed by atoms with Crippen LogP contribution >= 0.6 is 0 Å². The Labute approximate surface area is 120 Å². The molecule has 3 nitrogen and oxygen atoms in total. The van der Waals surface area contributed by atoms with Gasteiger partial charge in [0.05, 0.1) is 18.2 Å². The molecule has 0 bridgehead atoms. The van der Waals surface area contributed by atoms with Gasteiger partial charge in [-0.25, -0.2) is 4.39 Å². The maximum Gasteiger partial charge on any atom is 0.125 e. The molecule has 4 heteroatoms. The summed E-state index contributed by atoms with van der Waals surface area (Å²) in [6.07, 6.45) is 1.58. The molecule has 20 heavy (non-hydrogen) atoms. The second-order valence-corrected chi connectivity index (χ2v) is 6.19. The Morgan fingerprint density at radius 1 is 1.45 bits per heavy atom. The Balaban J connectivity index is 2.18. The summed E-state index contributed by atoms with van der Waals surface area (Å²) in [6.45, 7) is 6.73. The number of anilines is 1. The third-order valence-electron chi connectivity index (χ3n) is 4.00. The molecule has 2 atom stereocenters. The molecule has 1 aliphatic heterocycles. The standard InChI is InChI=1S/C16H24FNO2/c1-11(2)15-9-16(10-19,4-5-20-15)18-14-7-12(3)6-13(17)8-14/h6-8,11,15,18-19H,4-5,9-10H2,1-3H3. The van der Waals surface area contributed by atoms with Crippen LogP contribution in [-0.2, 0) is 4.74 Å². The molecule has 0 aromatic heterocycles. The molecule has 1 fully saturated rings. The molecule has 0 radical (unpaired) electrons. The smallest absolute Gasteiger partial charge is 0.125 e. The van der Waals surface area contributed by atoms with E-state index in [1.807, 2.05) is 13.0 Å². The van der Waals surface area contributed by atoms with Crippen molar-refractivity contribution in [3.8, 4) is 0 Å². The predicted molar refractivity (Wildman–Crippen MR) is 78.4 cm³/mol. The number of aliphatic hydroxyl groups excluding tert-OH is 1. The molecular weight excluding hydrogens is 257 g/mol. The van der Waals surface area contributed by atoms with Crippen molar-refractivity contribution in [2.75, 3.05) is 18.5 Å². The van der Waals surface area contributed by atoms with Crippen molar-refractivity contribution >= 4 is 5.69 Å². The highest BCUT2D eigenvalue weighted by Crippen LogP contribution is 2.32. The normalized spacial score (nSPS) is 26.8. The average molecular weight is 281 g/mol. The van der Waals surface area contributed by atoms with Crippen LogP contribution in [0.3, 0.4) is 0 Å². The lowest BCUT2D eigenvalue weighted by atomic mass is 9.83. The maximum atomic E-state index is 13.5. The zero-order valence-electron chi connectivity index (χ0n) is 12.4. The van der Waals surface area contributed by atoms with Gasteiger partial charge in [0.15, 0.2) is 0 Å². The molecule has 2 N–H and O–H groups in total. The number of hydrogen-bond donors (Lipinski definition) is 2. The van der Waals surface area contributed by atoms with E-state index >= 15 is 0 Å². The van der Waals surface area contributed by atoms with Gasteiger partial charge in [-0.1, -0.05) is 13.8 Å². The number of ether oxygens (including phenoxy) is 1. The van der Waals surface area contributed by atoms with Gasteiger partial charge in [-0.05, 0) is 49.4 Å². The van der Waals surface area contributed by atoms with Crippen LogP contribution in [0.1, 0.15) is 32.3 Å². The van der Waals surface area contributed by atoms with Gasteiger partial charge in [-0.15, -0.1) is 0 Å². The van der Waals surface area contributed by atoms with Crippen molar-refractivity contribution in [1.82, 2.24) is 0 Å². The first-order valence-corrected chi connectivity index (χ1v) is 7.22. The number of rotatable bonds is 4. The van der Waals surface area contributed by atoms with Crippen molar-refractivity contribution in [1.29, 1.82) is 0 Å². The van der Waals surface area contributed by atoms with E-state index in [2.05, 4.69) is 19.2 Å². The maximum absolute atomic E-state index is 13.5. The molecule has 0 saturated carbocycles. The highest BCUT2D eigenvalue weighted by atomic mass is 19.1. The van der Waals surface area contributed by atoms with Gasteiger partial charge in [0, 0.05) is 12.3 Å². The van der Waals surface area contributed by atoms with E-state index in [-0.39, 0.29) is 18.5 Å². The van der Waals surface area contributed by atoms with E-state index in [9.17, 15) is 9.50 Å². The number of hydrogen-bond acceptors (Lipinski definition) is 3. The summed E-state index contributed by atoms with van der Waals surface area (Å²) in [5, 5.41) is 13.2. The Morgan fingerprint density at radius 2 is 2.20 bits per heavy atom. The van der Waals surface area contributed by atoms with Crippen LogP contribution in [0.4, 0.5) is 10.1 Å². The van der Waals surface area contributed by atoms with Crippen molar-refractivity contribution < 1.29 is 14.2 Å². The second kappa shape index (κ2) is 6.10. The molecule has 0 amide bonds. The summed E-state index contributed by atoms with van der Waals surface area (Å²) in [4.78, 5) is 0. The zero-order chi connectivity index (χ0) is 14.8. The highest BCUT2D eigenvalue weighted by Gasteiger charge is 2.37. The fourth-order valence-electron chi connectivity index (χ4n) is 2.79. The van der Waals surface area contributed by atoms with Crippen molar-refractivity contribution in [2.45, 2.75) is 45.3 Å². The molecule has 1 aliphatic rings. The summed E-state index contributed by atoms with van der Waals surface area (Å²) >= 11 is 0. The lowest BCUT2D eigenvalue weighted by Crippen LogP contribution is -2.51. The summed E-state index contributed by atoms with van der Waals surface area (Å²) in [7, 11) is 0. The molecule has 1 heterocycles. The van der Waals surface area contributed by atoms with Gasteiger partial charge in [-0.2, -0.15) is 0 Å². The van der Waals surface area contributed by atoms with Crippen LogP contribution < -0.4 is 5.32 Å². The van der Waals surface area contributed by atoms with E-state index < -0.39 is 5.54 Å². The molecule has 2 rings (SSSR count). The molecule has 112 valence electrons. The van der Waals surface area contributed by atoms with Crippen molar-refractivity contribution in [3.05, 3.63) is 29.6 Å². The third-order valence-corrected chi connectivity index (χ3v) is 4.00. The number of benzene rings is 1. The third kappa shape index (κ3) is 3.49. The fourth-order valence-corrected chi connectivity index (χ4v) is 2.79. The average Bonchev–Trinajstić information content (AvgIpc) is 2.37. The second-order valence-electron chi connectivity index (χ2n) is 6.19. The van der Waals surface area contributed by atoms with Gasteiger partial charge in [0.1, 0.15) is 5.82 Å². The zero-order valence-corrected chi connectivity index (χ0v) is 12.4. The Hall–Kier alpha value is -1.13. The van der Waals surface area contributed by atoms with Crippen LogP contribution in [0.25, 0.3) is 0 Å². The van der Waals surface area contributed by atoms with Gasteiger partial charge in [0.25, 0.3) is 0 Å². The molecular formula is C16H24FNO2. The SMILES string of the molecule is Cc1cc(F)cc(NC2(CO)CCOC(C(C)C)C2)c1.